The minimum atomic E-state index is -3.75. The van der Waals surface area contributed by atoms with Gasteiger partial charge in [-0.25, -0.2) is 8.42 Å². The third-order valence-electron chi connectivity index (χ3n) is 4.04. The van der Waals surface area contributed by atoms with Crippen LogP contribution >= 0.6 is 22.9 Å². The van der Waals surface area contributed by atoms with Gasteiger partial charge in [0.1, 0.15) is 9.96 Å². The fourth-order valence-electron chi connectivity index (χ4n) is 2.54. The highest BCUT2D eigenvalue weighted by Crippen LogP contribution is 2.28. The number of nitrogens with one attached hydrogen (secondary N) is 1. The van der Waals surface area contributed by atoms with Gasteiger partial charge in [-0.05, 0) is 35.7 Å². The van der Waals surface area contributed by atoms with Gasteiger partial charge in [0, 0.05) is 7.05 Å². The smallest absolute Gasteiger partial charge is 0.252 e. The van der Waals surface area contributed by atoms with E-state index in [2.05, 4.69) is 5.32 Å². The Hall–Kier alpha value is -1.61. The van der Waals surface area contributed by atoms with Crippen molar-refractivity contribution < 1.29 is 17.9 Å². The standard InChI is InChI=1S/C18H23ClN2O4S2/c1-12(2)18(13-5-7-14(25-4)8-6-13)20-16(22)11-21(3)27(23,24)17-10-9-15(19)26-17/h5-10,12,18H,11H2,1-4H3,(H,20,22). The molecule has 2 rings (SSSR count). The Balaban J connectivity index is 2.09. The highest BCUT2D eigenvalue weighted by atomic mass is 35.5. The molecular formula is C18H23ClN2O4S2. The first-order valence-corrected chi connectivity index (χ1v) is 10.9. The second kappa shape index (κ2) is 9.05. The molecule has 0 aliphatic heterocycles. The van der Waals surface area contributed by atoms with Gasteiger partial charge in [0.2, 0.25) is 5.91 Å². The van der Waals surface area contributed by atoms with Gasteiger partial charge >= 0.3 is 0 Å². The highest BCUT2D eigenvalue weighted by Gasteiger charge is 2.26. The van der Waals surface area contributed by atoms with E-state index in [1.807, 2.05) is 38.1 Å². The average molecular weight is 431 g/mol. The Morgan fingerprint density at radius 3 is 2.33 bits per heavy atom. The summed E-state index contributed by atoms with van der Waals surface area (Å²) in [5.41, 5.74) is 0.926. The number of benzene rings is 1. The lowest BCUT2D eigenvalue weighted by Gasteiger charge is -2.24. The molecule has 6 nitrogen and oxygen atoms in total. The number of methoxy groups -OCH3 is 1. The van der Waals surface area contributed by atoms with Crippen molar-refractivity contribution in [3.05, 3.63) is 46.3 Å². The van der Waals surface area contributed by atoms with E-state index < -0.39 is 10.0 Å². The summed E-state index contributed by atoms with van der Waals surface area (Å²) in [4.78, 5) is 12.5. The van der Waals surface area contributed by atoms with Gasteiger partial charge < -0.3 is 10.1 Å². The van der Waals surface area contributed by atoms with Crippen LogP contribution in [-0.4, -0.2) is 39.3 Å². The molecule has 1 heterocycles. The van der Waals surface area contributed by atoms with Crippen LogP contribution < -0.4 is 10.1 Å². The number of likely N-dealkylation sites (N-methyl/N-ethyl adjacent to an activating group) is 1. The van der Waals surface area contributed by atoms with Crippen molar-refractivity contribution in [1.82, 2.24) is 9.62 Å². The molecule has 2 aromatic rings. The molecule has 148 valence electrons. The Kier molecular flexibility index (Phi) is 7.27. The van der Waals surface area contributed by atoms with Crippen LogP contribution in [0.5, 0.6) is 5.75 Å². The maximum absolute atomic E-state index is 12.5. The first-order valence-electron chi connectivity index (χ1n) is 8.30. The molecule has 0 bridgehead atoms. The zero-order valence-electron chi connectivity index (χ0n) is 15.6. The summed E-state index contributed by atoms with van der Waals surface area (Å²) in [7, 11) is -0.787. The molecule has 0 aliphatic rings. The predicted molar refractivity (Wildman–Crippen MR) is 108 cm³/mol. The molecule has 0 aliphatic carbocycles. The third kappa shape index (κ3) is 5.44. The van der Waals surface area contributed by atoms with E-state index in [9.17, 15) is 13.2 Å². The summed E-state index contributed by atoms with van der Waals surface area (Å²) in [5.74, 6) is 0.478. The van der Waals surface area contributed by atoms with Crippen LogP contribution in [0.4, 0.5) is 0 Å². The van der Waals surface area contributed by atoms with Gasteiger partial charge in [-0.3, -0.25) is 4.79 Å². The average Bonchev–Trinajstić information content (AvgIpc) is 3.06. The molecule has 0 saturated carbocycles. The zero-order chi connectivity index (χ0) is 20.2. The molecule has 9 heteroatoms. The second-order valence-corrected chi connectivity index (χ2v) is 10.4. The van der Waals surface area contributed by atoms with Crippen LogP contribution in [0.2, 0.25) is 4.34 Å². The number of hydrogen-bond acceptors (Lipinski definition) is 5. The summed E-state index contributed by atoms with van der Waals surface area (Å²) in [6, 6.07) is 10.1. The Labute approximate surface area is 169 Å². The summed E-state index contributed by atoms with van der Waals surface area (Å²) in [6.07, 6.45) is 0. The van der Waals surface area contributed by atoms with Crippen LogP contribution in [0, 0.1) is 5.92 Å². The number of hydrogen-bond donors (Lipinski definition) is 1. The van der Waals surface area contributed by atoms with Crippen LogP contribution in [0.15, 0.2) is 40.6 Å². The zero-order valence-corrected chi connectivity index (χ0v) is 18.0. The van der Waals surface area contributed by atoms with Gasteiger partial charge in [0.25, 0.3) is 10.0 Å². The molecule has 27 heavy (non-hydrogen) atoms. The van der Waals surface area contributed by atoms with Crippen molar-refractivity contribution in [3.8, 4) is 5.75 Å². The predicted octanol–water partition coefficient (Wildman–Crippen LogP) is 3.54. The maximum Gasteiger partial charge on any atom is 0.252 e. The molecule has 1 aromatic carbocycles. The van der Waals surface area contributed by atoms with E-state index >= 15 is 0 Å². The van der Waals surface area contributed by atoms with Crippen molar-refractivity contribution in [2.75, 3.05) is 20.7 Å². The van der Waals surface area contributed by atoms with Crippen molar-refractivity contribution in [2.24, 2.45) is 5.92 Å². The molecule has 1 amide bonds. The minimum absolute atomic E-state index is 0.110. The molecule has 0 radical (unpaired) electrons. The topological polar surface area (TPSA) is 75.7 Å². The van der Waals surface area contributed by atoms with Crippen LogP contribution in [-0.2, 0) is 14.8 Å². The SMILES string of the molecule is COc1ccc(C(NC(=O)CN(C)S(=O)(=O)c2ccc(Cl)s2)C(C)C)cc1. The fraction of sp³-hybridized carbons (Fsp3) is 0.389. The van der Waals surface area contributed by atoms with E-state index in [0.29, 0.717) is 4.34 Å². The third-order valence-corrected chi connectivity index (χ3v) is 7.54. The number of ether oxygens (including phenoxy) is 1. The van der Waals surface area contributed by atoms with Gasteiger partial charge in [0.05, 0.1) is 24.0 Å². The summed E-state index contributed by atoms with van der Waals surface area (Å²) in [6.45, 7) is 3.70. The molecular weight excluding hydrogens is 408 g/mol. The van der Waals surface area contributed by atoms with E-state index in [4.69, 9.17) is 16.3 Å². The van der Waals surface area contributed by atoms with Crippen LogP contribution in [0.1, 0.15) is 25.5 Å². The van der Waals surface area contributed by atoms with Gasteiger partial charge in [0.15, 0.2) is 0 Å². The molecule has 0 spiro atoms. The van der Waals surface area contributed by atoms with Crippen LogP contribution in [0.3, 0.4) is 0 Å². The summed E-state index contributed by atoms with van der Waals surface area (Å²) in [5, 5.41) is 2.92. The van der Waals surface area contributed by atoms with E-state index in [-0.39, 0.29) is 28.6 Å². The quantitative estimate of drug-likeness (QED) is 0.694. The Morgan fingerprint density at radius 1 is 1.22 bits per heavy atom. The van der Waals surface area contributed by atoms with Crippen molar-refractivity contribution >= 4 is 38.9 Å². The number of thiophene rings is 1. The minimum Gasteiger partial charge on any atom is -0.497 e. The molecule has 1 atom stereocenters. The van der Waals surface area contributed by atoms with Gasteiger partial charge in [-0.15, -0.1) is 11.3 Å². The number of sulfonamides is 1. The monoisotopic (exact) mass is 430 g/mol. The van der Waals surface area contributed by atoms with E-state index in [0.717, 1.165) is 27.0 Å². The lowest BCUT2D eigenvalue weighted by Crippen LogP contribution is -2.40. The van der Waals surface area contributed by atoms with E-state index in [1.165, 1.54) is 19.2 Å². The highest BCUT2D eigenvalue weighted by molar-refractivity contribution is 7.91. The first-order chi connectivity index (χ1) is 12.6. The van der Waals surface area contributed by atoms with Crippen LogP contribution in [0.25, 0.3) is 0 Å². The number of nitrogens with zero attached hydrogens (tertiary/aromatic N) is 1. The van der Waals surface area contributed by atoms with E-state index in [1.54, 1.807) is 7.11 Å². The molecule has 0 fully saturated rings. The summed E-state index contributed by atoms with van der Waals surface area (Å²) >= 11 is 6.78. The first kappa shape index (κ1) is 21.7. The number of carbonyl (C=O) groups excluding carboxylic acids is 1. The van der Waals surface area contributed by atoms with Crippen molar-refractivity contribution in [3.63, 3.8) is 0 Å². The van der Waals surface area contributed by atoms with Gasteiger partial charge in [-0.1, -0.05) is 37.6 Å². The number of halogens is 1. The number of amides is 1. The largest absolute Gasteiger partial charge is 0.497 e. The maximum atomic E-state index is 12.5. The van der Waals surface area contributed by atoms with Gasteiger partial charge in [-0.2, -0.15) is 4.31 Å². The van der Waals surface area contributed by atoms with Crippen molar-refractivity contribution in [1.29, 1.82) is 0 Å². The molecule has 1 aromatic heterocycles. The number of rotatable bonds is 8. The summed E-state index contributed by atoms with van der Waals surface area (Å²) < 4.78 is 31.7. The molecule has 1 N–H and O–H groups in total. The van der Waals surface area contributed by atoms with Crippen molar-refractivity contribution in [2.45, 2.75) is 24.1 Å². The molecule has 0 saturated heterocycles. The lowest BCUT2D eigenvalue weighted by atomic mass is 9.96. The lowest BCUT2D eigenvalue weighted by molar-refractivity contribution is -0.122. The second-order valence-electron chi connectivity index (χ2n) is 6.38. The normalized spacial score (nSPS) is 13.0. The fourth-order valence-corrected chi connectivity index (χ4v) is 5.36. The Bertz CT molecular complexity index is 879. The number of carbonyl (C=O) groups is 1. The Morgan fingerprint density at radius 2 is 1.85 bits per heavy atom. The molecule has 1 unspecified atom stereocenters.